The van der Waals surface area contributed by atoms with Crippen molar-refractivity contribution in [3.05, 3.63) is 83.7 Å². The Morgan fingerprint density at radius 3 is 2.35 bits per heavy atom. The number of ketones is 1. The van der Waals surface area contributed by atoms with Crippen LogP contribution in [0.3, 0.4) is 0 Å². The molecule has 9 heteroatoms. The zero-order valence-corrected chi connectivity index (χ0v) is 18.7. The lowest BCUT2D eigenvalue weighted by Crippen LogP contribution is -2.27. The molecule has 0 bridgehead atoms. The van der Waals surface area contributed by atoms with E-state index in [4.69, 9.17) is 0 Å². The topological polar surface area (TPSA) is 110 Å². The van der Waals surface area contributed by atoms with E-state index in [1.165, 1.54) is 43.3 Å². The van der Waals surface area contributed by atoms with Crippen molar-refractivity contribution in [2.45, 2.75) is 35.0 Å². The van der Waals surface area contributed by atoms with Gasteiger partial charge in [-0.05, 0) is 55.8 Å². The summed E-state index contributed by atoms with van der Waals surface area (Å²) in [6.07, 6.45) is 2.03. The maximum absolute atomic E-state index is 13.1. The summed E-state index contributed by atoms with van der Waals surface area (Å²) in [7, 11) is -7.96. The number of benzene rings is 2. The summed E-state index contributed by atoms with van der Waals surface area (Å²) in [4.78, 5) is 15.4. The van der Waals surface area contributed by atoms with E-state index in [1.54, 1.807) is 25.3 Å². The molecule has 0 fully saturated rings. The quantitative estimate of drug-likeness (QED) is 0.520. The highest BCUT2D eigenvalue weighted by molar-refractivity contribution is 7.91. The van der Waals surface area contributed by atoms with Crippen LogP contribution in [-0.2, 0) is 26.3 Å². The van der Waals surface area contributed by atoms with E-state index in [1.807, 2.05) is 6.07 Å². The minimum atomic E-state index is -4.01. The van der Waals surface area contributed by atoms with Crippen LogP contribution in [0.5, 0.6) is 0 Å². The van der Waals surface area contributed by atoms with Gasteiger partial charge in [-0.2, -0.15) is 0 Å². The highest BCUT2D eigenvalue weighted by Gasteiger charge is 2.23. The number of hydrogen-bond acceptors (Lipinski definition) is 6. The number of aryl methyl sites for hydroxylation is 1. The Kier molecular flexibility index (Phi) is 6.68. The second-order valence-corrected chi connectivity index (χ2v) is 10.7. The molecule has 0 aliphatic carbocycles. The first kappa shape index (κ1) is 22.8. The van der Waals surface area contributed by atoms with Gasteiger partial charge in [0.05, 0.1) is 14.7 Å². The van der Waals surface area contributed by atoms with Crippen molar-refractivity contribution in [2.75, 3.05) is 6.54 Å². The van der Waals surface area contributed by atoms with Crippen molar-refractivity contribution in [1.82, 2.24) is 9.71 Å². The maximum Gasteiger partial charge on any atom is 0.240 e. The van der Waals surface area contributed by atoms with Gasteiger partial charge < -0.3 is 0 Å². The molecule has 0 atom stereocenters. The molecule has 1 aromatic heterocycles. The average Bonchev–Trinajstić information content (AvgIpc) is 2.74. The van der Waals surface area contributed by atoms with Gasteiger partial charge in [0.1, 0.15) is 0 Å². The van der Waals surface area contributed by atoms with E-state index in [0.717, 1.165) is 11.8 Å². The van der Waals surface area contributed by atoms with Crippen molar-refractivity contribution < 1.29 is 21.6 Å². The SMILES string of the molecule is CC(=O)c1cccc(S(=O)(=O)c2ccc(C)c(S(=O)(=O)NCCc3ccccn3)c2)c1. The van der Waals surface area contributed by atoms with Crippen LogP contribution < -0.4 is 4.72 Å². The average molecular weight is 459 g/mol. The Labute approximate surface area is 182 Å². The molecule has 0 saturated carbocycles. The van der Waals surface area contributed by atoms with Crippen molar-refractivity contribution in [1.29, 1.82) is 0 Å². The van der Waals surface area contributed by atoms with Crippen LogP contribution in [0.4, 0.5) is 0 Å². The minimum absolute atomic E-state index is 0.0736. The van der Waals surface area contributed by atoms with Gasteiger partial charge in [0.15, 0.2) is 5.78 Å². The number of nitrogens with one attached hydrogen (secondary N) is 1. The number of pyridine rings is 1. The lowest BCUT2D eigenvalue weighted by atomic mass is 10.2. The number of aromatic nitrogens is 1. The smallest absolute Gasteiger partial charge is 0.240 e. The third kappa shape index (κ3) is 5.25. The lowest BCUT2D eigenvalue weighted by molar-refractivity contribution is 0.101. The Balaban J connectivity index is 1.90. The second-order valence-electron chi connectivity index (χ2n) is 6.98. The molecule has 0 radical (unpaired) electrons. The standard InChI is InChI=1S/C22H22N2O5S2/c1-16-9-10-21(30(26,27)20-8-5-6-18(14-20)17(2)25)15-22(16)31(28,29)24-13-11-19-7-3-4-12-23-19/h3-10,12,14-15,24H,11,13H2,1-2H3. The molecular formula is C22H22N2O5S2. The summed E-state index contributed by atoms with van der Waals surface area (Å²) in [6, 6.07) is 15.0. The van der Waals surface area contributed by atoms with Gasteiger partial charge in [-0.25, -0.2) is 21.6 Å². The van der Waals surface area contributed by atoms with Crippen LogP contribution in [-0.4, -0.2) is 34.1 Å². The maximum atomic E-state index is 13.1. The third-order valence-corrected chi connectivity index (χ3v) is 8.06. The van der Waals surface area contributed by atoms with E-state index >= 15 is 0 Å². The van der Waals surface area contributed by atoms with Gasteiger partial charge in [-0.3, -0.25) is 9.78 Å². The molecule has 0 amide bonds. The molecule has 1 heterocycles. The summed E-state index contributed by atoms with van der Waals surface area (Å²) in [5.74, 6) is -0.263. The van der Waals surface area contributed by atoms with Crippen molar-refractivity contribution in [3.63, 3.8) is 0 Å². The molecule has 0 saturated heterocycles. The van der Waals surface area contributed by atoms with Crippen LogP contribution in [0.25, 0.3) is 0 Å². The molecule has 0 aliphatic heterocycles. The van der Waals surface area contributed by atoms with E-state index < -0.39 is 19.9 Å². The first-order valence-corrected chi connectivity index (χ1v) is 12.4. The highest BCUT2D eigenvalue weighted by atomic mass is 32.2. The number of nitrogens with zero attached hydrogens (tertiary/aromatic N) is 1. The molecule has 2 aromatic carbocycles. The number of Topliss-reactive ketones (excluding diaryl/α,β-unsaturated/α-hetero) is 1. The lowest BCUT2D eigenvalue weighted by Gasteiger charge is -2.12. The molecule has 31 heavy (non-hydrogen) atoms. The number of rotatable bonds is 8. The fraction of sp³-hybridized carbons (Fsp3) is 0.182. The summed E-state index contributed by atoms with van der Waals surface area (Å²) in [6.45, 7) is 3.06. The zero-order valence-electron chi connectivity index (χ0n) is 17.1. The number of carbonyl (C=O) groups is 1. The van der Waals surface area contributed by atoms with Crippen LogP contribution in [0.15, 0.2) is 81.5 Å². The monoisotopic (exact) mass is 458 g/mol. The summed E-state index contributed by atoms with van der Waals surface area (Å²) >= 11 is 0. The van der Waals surface area contributed by atoms with E-state index in [2.05, 4.69) is 9.71 Å². The number of carbonyl (C=O) groups excluding carboxylic acids is 1. The third-order valence-electron chi connectivity index (χ3n) is 4.71. The number of hydrogen-bond donors (Lipinski definition) is 1. The first-order chi connectivity index (χ1) is 14.6. The fourth-order valence-corrected chi connectivity index (χ4v) is 5.70. The zero-order chi connectivity index (χ0) is 22.6. The molecule has 0 unspecified atom stereocenters. The van der Waals surface area contributed by atoms with Crippen molar-refractivity contribution in [3.8, 4) is 0 Å². The molecule has 1 N–H and O–H groups in total. The van der Waals surface area contributed by atoms with Gasteiger partial charge in [-0.15, -0.1) is 0 Å². The van der Waals surface area contributed by atoms with Gasteiger partial charge >= 0.3 is 0 Å². The van der Waals surface area contributed by atoms with Crippen molar-refractivity contribution in [2.24, 2.45) is 0 Å². The molecule has 3 aromatic rings. The second kappa shape index (κ2) is 9.09. The van der Waals surface area contributed by atoms with Gasteiger partial charge in [0.25, 0.3) is 0 Å². The summed E-state index contributed by atoms with van der Waals surface area (Å²) in [5, 5.41) is 0. The fourth-order valence-electron chi connectivity index (χ4n) is 2.99. The summed E-state index contributed by atoms with van der Waals surface area (Å²) < 4.78 is 54.3. The Morgan fingerprint density at radius 1 is 0.935 bits per heavy atom. The molecular weight excluding hydrogens is 436 g/mol. The summed E-state index contributed by atoms with van der Waals surface area (Å²) in [5.41, 5.74) is 1.42. The minimum Gasteiger partial charge on any atom is -0.295 e. The van der Waals surface area contributed by atoms with E-state index in [9.17, 15) is 21.6 Å². The predicted octanol–water partition coefficient (Wildman–Crippen LogP) is 2.95. The van der Waals surface area contributed by atoms with Crippen molar-refractivity contribution >= 4 is 25.6 Å². The molecule has 0 spiro atoms. The molecule has 7 nitrogen and oxygen atoms in total. The highest BCUT2D eigenvalue weighted by Crippen LogP contribution is 2.26. The van der Waals surface area contributed by atoms with Crippen LogP contribution in [0.1, 0.15) is 28.5 Å². The van der Waals surface area contributed by atoms with E-state index in [0.29, 0.717) is 12.0 Å². The first-order valence-electron chi connectivity index (χ1n) is 9.47. The molecule has 3 rings (SSSR count). The predicted molar refractivity (Wildman–Crippen MR) is 116 cm³/mol. The number of sulfone groups is 1. The molecule has 162 valence electrons. The van der Waals surface area contributed by atoms with Crippen LogP contribution in [0, 0.1) is 6.92 Å². The Morgan fingerprint density at radius 2 is 1.68 bits per heavy atom. The van der Waals surface area contributed by atoms with Crippen LogP contribution >= 0.6 is 0 Å². The van der Waals surface area contributed by atoms with Gasteiger partial charge in [0, 0.05) is 30.4 Å². The largest absolute Gasteiger partial charge is 0.295 e. The van der Waals surface area contributed by atoms with E-state index in [-0.39, 0.29) is 32.6 Å². The van der Waals surface area contributed by atoms with Gasteiger partial charge in [0.2, 0.25) is 19.9 Å². The Hall–Kier alpha value is -2.88. The molecule has 0 aliphatic rings. The van der Waals surface area contributed by atoms with Crippen LogP contribution in [0.2, 0.25) is 0 Å². The van der Waals surface area contributed by atoms with Gasteiger partial charge in [-0.1, -0.05) is 24.3 Å². The Bertz CT molecular complexity index is 1320. The number of sulfonamides is 1. The normalized spacial score (nSPS) is 11.9.